The van der Waals surface area contributed by atoms with E-state index in [4.69, 9.17) is 21.3 Å². The standard InChI is InChI=1S/C38H37ClFN7O4S/c1-22(48)38(2,3)24-7-5-23(6-8-24)30-12-10-26(18-42-30)47-20-27-19-45(14-15-46(27)37(47)50)21-31-32(36(49)51-4)33(28-11-9-25(40)17-29(28)39)44-34(43-31)35-41-13-16-52-35/h5-13,16-18,27,33H,14-15,19-21H2,1-4H3,(H,43,44)/t27-,33-/m0/s1. The van der Waals surface area contributed by atoms with Gasteiger partial charge >= 0.3 is 12.0 Å². The number of nitrogens with one attached hydrogen (secondary N) is 1. The number of anilines is 1. The number of carbonyl (C=O) groups is 3. The van der Waals surface area contributed by atoms with E-state index < -0.39 is 23.2 Å². The summed E-state index contributed by atoms with van der Waals surface area (Å²) in [5.41, 5.74) is 4.07. The van der Waals surface area contributed by atoms with E-state index in [1.165, 1.54) is 36.6 Å². The highest BCUT2D eigenvalue weighted by Gasteiger charge is 2.42. The van der Waals surface area contributed by atoms with Crippen molar-refractivity contribution in [2.24, 2.45) is 4.99 Å². The molecule has 2 fully saturated rings. The number of amidine groups is 1. The van der Waals surface area contributed by atoms with Crippen LogP contribution in [0.2, 0.25) is 5.02 Å². The van der Waals surface area contributed by atoms with Gasteiger partial charge in [-0.2, -0.15) is 0 Å². The second-order valence-corrected chi connectivity index (χ2v) is 14.8. The molecule has 0 spiro atoms. The number of ether oxygens (including phenoxy) is 1. The highest BCUT2D eigenvalue weighted by molar-refractivity contribution is 7.11. The average molecular weight is 742 g/mol. The lowest BCUT2D eigenvalue weighted by Crippen LogP contribution is -2.53. The lowest BCUT2D eigenvalue weighted by atomic mass is 9.81. The van der Waals surface area contributed by atoms with Gasteiger partial charge in [0.2, 0.25) is 0 Å². The van der Waals surface area contributed by atoms with E-state index in [2.05, 4.69) is 20.2 Å². The van der Waals surface area contributed by atoms with Crippen LogP contribution in [0.15, 0.2) is 88.6 Å². The number of urea groups is 1. The molecule has 2 aromatic heterocycles. The van der Waals surface area contributed by atoms with E-state index in [0.717, 1.165) is 16.8 Å². The fourth-order valence-electron chi connectivity index (χ4n) is 6.80. The molecule has 7 rings (SSSR count). The van der Waals surface area contributed by atoms with Gasteiger partial charge in [0.05, 0.1) is 36.3 Å². The van der Waals surface area contributed by atoms with Crippen molar-refractivity contribution in [3.05, 3.63) is 111 Å². The van der Waals surface area contributed by atoms with Crippen LogP contribution < -0.4 is 10.2 Å². The maximum atomic E-state index is 14.1. The van der Waals surface area contributed by atoms with Gasteiger partial charge in [-0.25, -0.2) is 19.0 Å². The Labute approximate surface area is 309 Å². The molecule has 0 radical (unpaired) electrons. The van der Waals surface area contributed by atoms with Gasteiger partial charge in [-0.15, -0.1) is 11.3 Å². The van der Waals surface area contributed by atoms with Crippen LogP contribution in [-0.4, -0.2) is 89.3 Å². The van der Waals surface area contributed by atoms with Crippen LogP contribution in [-0.2, 0) is 19.7 Å². The van der Waals surface area contributed by atoms with Crippen LogP contribution in [0.3, 0.4) is 0 Å². The van der Waals surface area contributed by atoms with Crippen LogP contribution in [0.1, 0.15) is 42.9 Å². The molecule has 3 aliphatic rings. The summed E-state index contributed by atoms with van der Waals surface area (Å²) in [6.07, 6.45) is 3.39. The molecule has 4 aromatic rings. The first kappa shape index (κ1) is 35.4. The molecule has 52 heavy (non-hydrogen) atoms. The molecule has 0 aliphatic carbocycles. The number of methoxy groups -OCH3 is 1. The molecule has 2 saturated heterocycles. The molecule has 1 N–H and O–H groups in total. The van der Waals surface area contributed by atoms with Crippen molar-refractivity contribution in [3.63, 3.8) is 0 Å². The smallest absolute Gasteiger partial charge is 0.338 e. The number of amides is 2. The van der Waals surface area contributed by atoms with Gasteiger partial charge in [0.1, 0.15) is 17.6 Å². The van der Waals surface area contributed by atoms with E-state index in [9.17, 15) is 18.8 Å². The number of hydrogen-bond donors (Lipinski definition) is 1. The zero-order chi connectivity index (χ0) is 36.7. The number of aromatic nitrogens is 2. The summed E-state index contributed by atoms with van der Waals surface area (Å²) in [6.45, 7) is 7.85. The first-order valence-corrected chi connectivity index (χ1v) is 18.1. The van der Waals surface area contributed by atoms with Crippen LogP contribution in [0.5, 0.6) is 0 Å². The maximum Gasteiger partial charge on any atom is 0.338 e. The number of fused-ring (bicyclic) bond motifs is 1. The lowest BCUT2D eigenvalue weighted by Gasteiger charge is -2.38. The van der Waals surface area contributed by atoms with Crippen molar-refractivity contribution in [2.75, 3.05) is 44.7 Å². The van der Waals surface area contributed by atoms with E-state index in [1.54, 1.807) is 24.2 Å². The molecule has 0 bridgehead atoms. The number of pyridine rings is 1. The summed E-state index contributed by atoms with van der Waals surface area (Å²) in [5.74, 6) is -0.512. The number of ketones is 1. The Kier molecular flexibility index (Phi) is 9.68. The van der Waals surface area contributed by atoms with Crippen LogP contribution in [0.4, 0.5) is 14.9 Å². The quantitative estimate of drug-likeness (QED) is 0.207. The number of esters is 1. The third-order valence-corrected chi connectivity index (χ3v) is 11.2. The average Bonchev–Trinajstić information content (AvgIpc) is 3.80. The second kappa shape index (κ2) is 14.2. The van der Waals surface area contributed by atoms with E-state index in [-0.39, 0.29) is 28.5 Å². The minimum Gasteiger partial charge on any atom is -0.466 e. The summed E-state index contributed by atoms with van der Waals surface area (Å²) in [5, 5.41) is 5.94. The number of carbonyl (C=O) groups excluding carboxylic acids is 3. The predicted octanol–water partition coefficient (Wildman–Crippen LogP) is 6.01. The largest absolute Gasteiger partial charge is 0.466 e. The van der Waals surface area contributed by atoms with Crippen molar-refractivity contribution in [1.29, 1.82) is 0 Å². The fourth-order valence-corrected chi connectivity index (χ4v) is 7.66. The van der Waals surface area contributed by atoms with E-state index in [0.29, 0.717) is 60.5 Å². The Morgan fingerprint density at radius 3 is 2.52 bits per heavy atom. The van der Waals surface area contributed by atoms with Gasteiger partial charge in [0.25, 0.3) is 0 Å². The predicted molar refractivity (Wildman–Crippen MR) is 198 cm³/mol. The van der Waals surface area contributed by atoms with Crippen LogP contribution in [0, 0.1) is 5.82 Å². The number of halogens is 2. The van der Waals surface area contributed by atoms with Gasteiger partial charge < -0.3 is 15.0 Å². The van der Waals surface area contributed by atoms with Crippen LogP contribution in [0.25, 0.3) is 11.3 Å². The molecule has 5 heterocycles. The number of aliphatic imine (C=N–C) groups is 1. The Balaban J connectivity index is 1.09. The zero-order valence-electron chi connectivity index (χ0n) is 29.1. The summed E-state index contributed by atoms with van der Waals surface area (Å²) < 4.78 is 19.3. The molecule has 14 heteroatoms. The van der Waals surface area contributed by atoms with Gasteiger partial charge in [-0.05, 0) is 50.6 Å². The van der Waals surface area contributed by atoms with Gasteiger partial charge in [0, 0.05) is 71.6 Å². The molecule has 2 atom stereocenters. The summed E-state index contributed by atoms with van der Waals surface area (Å²) in [4.78, 5) is 58.8. The summed E-state index contributed by atoms with van der Waals surface area (Å²) in [6, 6.07) is 14.6. The van der Waals surface area contributed by atoms with Crippen LogP contribution >= 0.6 is 22.9 Å². The molecule has 0 unspecified atom stereocenters. The second-order valence-electron chi connectivity index (χ2n) is 13.5. The van der Waals surface area contributed by atoms with Gasteiger partial charge in [0.15, 0.2) is 10.8 Å². The molecule has 268 valence electrons. The number of rotatable bonds is 9. The lowest BCUT2D eigenvalue weighted by molar-refractivity contribution is -0.136. The normalized spacial score (nSPS) is 19.3. The molecule has 3 aliphatic heterocycles. The molecule has 11 nitrogen and oxygen atoms in total. The van der Waals surface area contributed by atoms with Crippen molar-refractivity contribution >= 4 is 52.2 Å². The number of hydrogen-bond acceptors (Lipinski definition) is 10. The number of Topliss-reactive ketones (excluding diaryl/α,β-unsaturated/α-hetero) is 1. The van der Waals surface area contributed by atoms with Crippen molar-refractivity contribution in [2.45, 2.75) is 38.3 Å². The SMILES string of the molecule is COC(=O)C1=C(CN2CCN3C(=O)N(c4ccc(-c5ccc(C(C)(C)C(C)=O)cc5)nc4)C[C@@H]3C2)NC(c2nccs2)=N[C@H]1c1ccc(F)cc1Cl. The molecular weight excluding hydrogens is 705 g/mol. The minimum atomic E-state index is -0.860. The Hall–Kier alpha value is -4.98. The first-order valence-electron chi connectivity index (χ1n) is 16.8. The van der Waals surface area contributed by atoms with Gasteiger partial charge in [-0.1, -0.05) is 41.9 Å². The third kappa shape index (κ3) is 6.71. The highest BCUT2D eigenvalue weighted by Crippen LogP contribution is 2.37. The molecule has 2 aromatic carbocycles. The Morgan fingerprint density at radius 2 is 1.87 bits per heavy atom. The van der Waals surface area contributed by atoms with E-state index >= 15 is 0 Å². The molecule has 0 saturated carbocycles. The number of benzene rings is 2. The summed E-state index contributed by atoms with van der Waals surface area (Å²) in [7, 11) is 1.31. The first-order chi connectivity index (χ1) is 24.9. The number of thiazole rings is 1. The fraction of sp³-hybridized carbons (Fsp3) is 0.316. The molecule has 2 amide bonds. The van der Waals surface area contributed by atoms with Crippen molar-refractivity contribution in [3.8, 4) is 11.3 Å². The zero-order valence-corrected chi connectivity index (χ0v) is 30.7. The topological polar surface area (TPSA) is 120 Å². The molecular formula is C38H37ClFN7O4S. The number of piperazine rings is 1. The van der Waals surface area contributed by atoms with Gasteiger partial charge in [-0.3, -0.25) is 24.6 Å². The monoisotopic (exact) mass is 741 g/mol. The highest BCUT2D eigenvalue weighted by atomic mass is 35.5. The van der Waals surface area contributed by atoms with E-state index in [1.807, 2.05) is 60.5 Å². The maximum absolute atomic E-state index is 14.1. The third-order valence-electron chi connectivity index (χ3n) is 10.1. The van der Waals surface area contributed by atoms with Crippen molar-refractivity contribution in [1.82, 2.24) is 25.1 Å². The Morgan fingerprint density at radius 1 is 1.08 bits per heavy atom. The summed E-state index contributed by atoms with van der Waals surface area (Å²) >= 11 is 7.91. The number of nitrogens with zero attached hydrogens (tertiary/aromatic N) is 6. The Bertz CT molecular complexity index is 2090. The minimum absolute atomic E-state index is 0.0792. The van der Waals surface area contributed by atoms with Crippen molar-refractivity contribution < 1.29 is 23.5 Å².